The number of hydrogen-bond acceptors (Lipinski definition) is 4. The number of anilines is 1. The molecule has 110 valence electrons. The number of nitrogens with one attached hydrogen (secondary N) is 3. The maximum Gasteiger partial charge on any atom is 0.265 e. The van der Waals surface area contributed by atoms with Crippen LogP contribution in [0.3, 0.4) is 0 Å². The van der Waals surface area contributed by atoms with Gasteiger partial charge in [-0.3, -0.25) is 20.0 Å². The van der Waals surface area contributed by atoms with Crippen LogP contribution in [-0.2, 0) is 6.54 Å². The zero-order chi connectivity index (χ0) is 14.8. The van der Waals surface area contributed by atoms with Crippen molar-refractivity contribution in [3.05, 3.63) is 62.7 Å². The summed E-state index contributed by atoms with van der Waals surface area (Å²) in [6, 6.07) is 10.6. The van der Waals surface area contributed by atoms with Gasteiger partial charge in [-0.1, -0.05) is 18.2 Å². The van der Waals surface area contributed by atoms with Crippen LogP contribution < -0.4 is 21.8 Å². The van der Waals surface area contributed by atoms with E-state index in [0.29, 0.717) is 6.42 Å². The van der Waals surface area contributed by atoms with Crippen LogP contribution in [0.15, 0.2) is 46.0 Å². The highest BCUT2D eigenvalue weighted by Gasteiger charge is 2.20. The third-order valence-corrected chi connectivity index (χ3v) is 3.75. The molecule has 3 rings (SSSR count). The number of rotatable bonds is 3. The predicted molar refractivity (Wildman–Crippen MR) is 81.3 cm³/mol. The van der Waals surface area contributed by atoms with E-state index < -0.39 is 0 Å². The Hall–Kier alpha value is -2.34. The van der Waals surface area contributed by atoms with Gasteiger partial charge in [-0.2, -0.15) is 0 Å². The Balaban J connectivity index is 1.74. The molecule has 1 aliphatic rings. The molecular formula is C15H18N4O2. The van der Waals surface area contributed by atoms with Gasteiger partial charge in [0.2, 0.25) is 0 Å². The molecule has 0 spiro atoms. The normalized spacial score (nSPS) is 18.6. The molecule has 21 heavy (non-hydrogen) atoms. The Labute approximate surface area is 121 Å². The summed E-state index contributed by atoms with van der Waals surface area (Å²) >= 11 is 0. The zero-order valence-electron chi connectivity index (χ0n) is 11.8. The standard InChI is InChI=1S/C15H18N4O2/c1-10(19-15(21)7-6-14(20)18-19)8-13-16-9-11-4-2-3-5-12(11)17-13/h2-7,10,13,16-17H,8-9H2,1H3,(H,18,20)/t10-,13-/m1/s1. The third kappa shape index (κ3) is 2.90. The largest absolute Gasteiger partial charge is 0.369 e. The minimum absolute atomic E-state index is 0.0607. The molecule has 0 unspecified atom stereocenters. The van der Waals surface area contributed by atoms with Gasteiger partial charge in [0, 0.05) is 30.8 Å². The van der Waals surface area contributed by atoms with E-state index in [1.54, 1.807) is 0 Å². The number of aromatic amines is 1. The van der Waals surface area contributed by atoms with Crippen LogP contribution in [0.1, 0.15) is 24.9 Å². The van der Waals surface area contributed by atoms with Crippen LogP contribution in [0.4, 0.5) is 5.69 Å². The maximum absolute atomic E-state index is 11.8. The smallest absolute Gasteiger partial charge is 0.265 e. The second-order valence-electron chi connectivity index (χ2n) is 5.34. The van der Waals surface area contributed by atoms with Crippen molar-refractivity contribution in [3.63, 3.8) is 0 Å². The van der Waals surface area contributed by atoms with E-state index >= 15 is 0 Å². The van der Waals surface area contributed by atoms with Crippen LogP contribution in [0.25, 0.3) is 0 Å². The second kappa shape index (κ2) is 5.57. The number of aromatic nitrogens is 2. The van der Waals surface area contributed by atoms with Gasteiger partial charge in [0.15, 0.2) is 0 Å². The van der Waals surface area contributed by atoms with E-state index in [1.807, 2.05) is 25.1 Å². The summed E-state index contributed by atoms with van der Waals surface area (Å²) in [6.45, 7) is 2.71. The number of fused-ring (bicyclic) bond motifs is 1. The minimum atomic E-state index is -0.267. The first-order chi connectivity index (χ1) is 10.1. The van der Waals surface area contributed by atoms with Crippen molar-refractivity contribution in [3.8, 4) is 0 Å². The molecular weight excluding hydrogens is 268 g/mol. The number of hydrogen-bond donors (Lipinski definition) is 3. The van der Waals surface area contributed by atoms with Gasteiger partial charge in [0.25, 0.3) is 11.1 Å². The number of nitrogens with zero attached hydrogens (tertiary/aromatic N) is 1. The molecule has 1 aromatic carbocycles. The van der Waals surface area contributed by atoms with E-state index in [9.17, 15) is 9.59 Å². The average molecular weight is 286 g/mol. The van der Waals surface area contributed by atoms with Gasteiger partial charge < -0.3 is 5.32 Å². The van der Waals surface area contributed by atoms with Crippen LogP contribution in [-0.4, -0.2) is 15.9 Å². The summed E-state index contributed by atoms with van der Waals surface area (Å²) in [4.78, 5) is 23.2. The van der Waals surface area contributed by atoms with E-state index in [2.05, 4.69) is 21.8 Å². The first-order valence-electron chi connectivity index (χ1n) is 7.03. The molecule has 2 atom stereocenters. The monoisotopic (exact) mass is 286 g/mol. The molecule has 0 fully saturated rings. The Bertz CT molecular complexity index is 750. The van der Waals surface area contributed by atoms with Crippen molar-refractivity contribution >= 4 is 5.69 Å². The molecule has 2 heterocycles. The van der Waals surface area contributed by atoms with Crippen LogP contribution >= 0.6 is 0 Å². The van der Waals surface area contributed by atoms with Gasteiger partial charge in [-0.05, 0) is 18.6 Å². The van der Waals surface area contributed by atoms with E-state index in [1.165, 1.54) is 22.4 Å². The Morgan fingerprint density at radius 2 is 2.05 bits per heavy atom. The summed E-state index contributed by atoms with van der Waals surface area (Å²) in [6.07, 6.45) is 0.749. The lowest BCUT2D eigenvalue weighted by atomic mass is 10.1. The molecule has 6 heteroatoms. The van der Waals surface area contributed by atoms with Gasteiger partial charge in [0.05, 0.1) is 12.2 Å². The fourth-order valence-corrected chi connectivity index (χ4v) is 2.64. The summed E-state index contributed by atoms with van der Waals surface area (Å²) in [7, 11) is 0. The average Bonchev–Trinajstić information content (AvgIpc) is 2.49. The van der Waals surface area contributed by atoms with Gasteiger partial charge >= 0.3 is 0 Å². The van der Waals surface area contributed by atoms with Crippen molar-refractivity contribution in [1.82, 2.24) is 15.1 Å². The fourth-order valence-electron chi connectivity index (χ4n) is 2.64. The highest BCUT2D eigenvalue weighted by atomic mass is 16.1. The maximum atomic E-state index is 11.8. The number of H-pyrrole nitrogens is 1. The summed E-state index contributed by atoms with van der Waals surface area (Å²) in [5.74, 6) is 0. The van der Waals surface area contributed by atoms with Crippen molar-refractivity contribution in [2.24, 2.45) is 0 Å². The summed E-state index contributed by atoms with van der Waals surface area (Å²) in [5.41, 5.74) is 1.88. The molecule has 1 aromatic heterocycles. The molecule has 0 saturated carbocycles. The molecule has 1 aliphatic heterocycles. The van der Waals surface area contributed by atoms with Crippen molar-refractivity contribution in [2.75, 3.05) is 5.32 Å². The molecule has 0 radical (unpaired) electrons. The SMILES string of the molecule is C[C@H](C[C@@H]1NCc2ccccc2N1)n1[nH]c(=O)ccc1=O. The Kier molecular flexibility index (Phi) is 3.62. The lowest BCUT2D eigenvalue weighted by molar-refractivity contribution is 0.374. The predicted octanol–water partition coefficient (Wildman–Crippen LogP) is 1.03. The lowest BCUT2D eigenvalue weighted by Gasteiger charge is -2.30. The fraction of sp³-hybridized carbons (Fsp3) is 0.333. The first kappa shape index (κ1) is 13.6. The van der Waals surface area contributed by atoms with Gasteiger partial charge in [0.1, 0.15) is 0 Å². The van der Waals surface area contributed by atoms with Crippen molar-refractivity contribution in [2.45, 2.75) is 32.1 Å². The van der Waals surface area contributed by atoms with Crippen molar-refractivity contribution < 1.29 is 0 Å². The second-order valence-corrected chi connectivity index (χ2v) is 5.34. The molecule has 2 aromatic rings. The van der Waals surface area contributed by atoms with Crippen molar-refractivity contribution in [1.29, 1.82) is 0 Å². The number of benzene rings is 1. The zero-order valence-corrected chi connectivity index (χ0v) is 11.8. The molecule has 0 bridgehead atoms. The molecule has 0 aliphatic carbocycles. The minimum Gasteiger partial charge on any atom is -0.369 e. The van der Waals surface area contributed by atoms with Crippen LogP contribution in [0.5, 0.6) is 0 Å². The molecule has 0 saturated heterocycles. The number of para-hydroxylation sites is 1. The lowest BCUT2D eigenvalue weighted by Crippen LogP contribution is -2.42. The quantitative estimate of drug-likeness (QED) is 0.787. The van der Waals surface area contributed by atoms with E-state index in [0.717, 1.165) is 12.2 Å². The first-order valence-corrected chi connectivity index (χ1v) is 7.03. The van der Waals surface area contributed by atoms with E-state index in [4.69, 9.17) is 0 Å². The highest BCUT2D eigenvalue weighted by Crippen LogP contribution is 2.22. The summed E-state index contributed by atoms with van der Waals surface area (Å²) in [5, 5.41) is 9.38. The van der Waals surface area contributed by atoms with Crippen LogP contribution in [0.2, 0.25) is 0 Å². The molecule has 0 amide bonds. The summed E-state index contributed by atoms with van der Waals surface area (Å²) < 4.78 is 1.38. The van der Waals surface area contributed by atoms with E-state index in [-0.39, 0.29) is 23.3 Å². The Morgan fingerprint density at radius 1 is 1.24 bits per heavy atom. The highest BCUT2D eigenvalue weighted by molar-refractivity contribution is 5.53. The Morgan fingerprint density at radius 3 is 2.90 bits per heavy atom. The van der Waals surface area contributed by atoms with Gasteiger partial charge in [-0.25, -0.2) is 4.68 Å². The third-order valence-electron chi connectivity index (χ3n) is 3.75. The van der Waals surface area contributed by atoms with Crippen LogP contribution in [0, 0.1) is 0 Å². The topological polar surface area (TPSA) is 78.9 Å². The van der Waals surface area contributed by atoms with Gasteiger partial charge in [-0.15, -0.1) is 0 Å². The molecule has 3 N–H and O–H groups in total. The molecule has 6 nitrogen and oxygen atoms in total.